The Balaban J connectivity index is 2.02. The summed E-state index contributed by atoms with van der Waals surface area (Å²) in [7, 11) is 0. The third-order valence-electron chi connectivity index (χ3n) is 2.34. The minimum absolute atomic E-state index is 0.0733. The molecule has 19 heavy (non-hydrogen) atoms. The Kier molecular flexibility index (Phi) is 3.78. The first-order valence-corrected chi connectivity index (χ1v) is 5.56. The van der Waals surface area contributed by atoms with E-state index >= 15 is 0 Å². The van der Waals surface area contributed by atoms with E-state index in [0.717, 1.165) is 0 Å². The Bertz CT molecular complexity index is 589. The number of amides is 1. The predicted molar refractivity (Wildman–Crippen MR) is 71.3 cm³/mol. The van der Waals surface area contributed by atoms with E-state index in [2.05, 4.69) is 10.5 Å². The van der Waals surface area contributed by atoms with Crippen molar-refractivity contribution >= 4 is 12.1 Å². The molecule has 2 rings (SSSR count). The summed E-state index contributed by atoms with van der Waals surface area (Å²) >= 11 is 0. The summed E-state index contributed by atoms with van der Waals surface area (Å²) in [4.78, 5) is 11.6. The summed E-state index contributed by atoms with van der Waals surface area (Å²) in [6, 6.07) is 12.7. The van der Waals surface area contributed by atoms with E-state index in [-0.39, 0.29) is 17.4 Å². The fourth-order valence-corrected chi connectivity index (χ4v) is 1.51. The van der Waals surface area contributed by atoms with Gasteiger partial charge in [0.1, 0.15) is 11.5 Å². The minimum atomic E-state index is -0.332. The highest BCUT2D eigenvalue weighted by Gasteiger charge is 2.01. The molecule has 96 valence electrons. The maximum absolute atomic E-state index is 11.6. The van der Waals surface area contributed by atoms with Gasteiger partial charge in [-0.1, -0.05) is 18.2 Å². The van der Waals surface area contributed by atoms with Gasteiger partial charge in [0.05, 0.1) is 6.21 Å². The Morgan fingerprint density at radius 3 is 2.32 bits per heavy atom. The van der Waals surface area contributed by atoms with Crippen LogP contribution in [0.15, 0.2) is 53.6 Å². The molecule has 5 nitrogen and oxygen atoms in total. The molecule has 0 unspecified atom stereocenters. The molecule has 0 aliphatic rings. The number of phenols is 2. The molecule has 0 heterocycles. The fourth-order valence-electron chi connectivity index (χ4n) is 1.51. The molecule has 0 saturated heterocycles. The molecule has 1 amide bonds. The number of hydrazone groups is 1. The van der Waals surface area contributed by atoms with Crippen molar-refractivity contribution in [3.63, 3.8) is 0 Å². The van der Waals surface area contributed by atoms with Crippen LogP contribution in [0.25, 0.3) is 0 Å². The number of nitrogens with one attached hydrogen (secondary N) is 1. The van der Waals surface area contributed by atoms with Gasteiger partial charge in [-0.2, -0.15) is 5.10 Å². The average Bonchev–Trinajstić information content (AvgIpc) is 2.38. The second kappa shape index (κ2) is 5.68. The molecule has 0 spiro atoms. The molecule has 2 aromatic carbocycles. The molecule has 0 aliphatic carbocycles. The molecule has 0 fully saturated rings. The zero-order valence-corrected chi connectivity index (χ0v) is 9.95. The molecule has 2 aromatic rings. The normalized spacial score (nSPS) is 10.5. The number of benzene rings is 2. The van der Waals surface area contributed by atoms with Gasteiger partial charge >= 0.3 is 0 Å². The van der Waals surface area contributed by atoms with Crippen LogP contribution in [-0.4, -0.2) is 22.3 Å². The number of carbonyl (C=O) groups is 1. The van der Waals surface area contributed by atoms with Gasteiger partial charge in [-0.3, -0.25) is 4.79 Å². The lowest BCUT2D eigenvalue weighted by Gasteiger charge is -2.00. The fraction of sp³-hybridized carbons (Fsp3) is 0. The average molecular weight is 256 g/mol. The van der Waals surface area contributed by atoms with Crippen molar-refractivity contribution in [2.24, 2.45) is 5.10 Å². The number of nitrogens with zero attached hydrogens (tertiary/aromatic N) is 1. The van der Waals surface area contributed by atoms with Crippen molar-refractivity contribution in [1.82, 2.24) is 5.43 Å². The number of hydrogen-bond donors (Lipinski definition) is 3. The van der Waals surface area contributed by atoms with Crippen LogP contribution in [0.5, 0.6) is 11.5 Å². The first-order valence-electron chi connectivity index (χ1n) is 5.56. The molecule has 0 radical (unpaired) electrons. The second-order valence-electron chi connectivity index (χ2n) is 3.85. The van der Waals surface area contributed by atoms with Crippen LogP contribution >= 0.6 is 0 Å². The van der Waals surface area contributed by atoms with E-state index in [9.17, 15) is 15.0 Å². The van der Waals surface area contributed by atoms with Crippen molar-refractivity contribution < 1.29 is 15.0 Å². The van der Waals surface area contributed by atoms with Crippen LogP contribution < -0.4 is 5.43 Å². The highest BCUT2D eigenvalue weighted by atomic mass is 16.3. The quantitative estimate of drug-likeness (QED) is 0.579. The Hall–Kier alpha value is -2.82. The largest absolute Gasteiger partial charge is 0.508 e. The van der Waals surface area contributed by atoms with Gasteiger partial charge in [0.2, 0.25) is 0 Å². The molecule has 0 atom stereocenters. The molecule has 0 aromatic heterocycles. The van der Waals surface area contributed by atoms with Crippen molar-refractivity contribution in [1.29, 1.82) is 0 Å². The van der Waals surface area contributed by atoms with Crippen LogP contribution in [0.2, 0.25) is 0 Å². The summed E-state index contributed by atoms with van der Waals surface area (Å²) in [6.45, 7) is 0. The number of rotatable bonds is 3. The zero-order chi connectivity index (χ0) is 13.7. The summed E-state index contributed by atoms with van der Waals surface area (Å²) < 4.78 is 0. The van der Waals surface area contributed by atoms with Gasteiger partial charge in [-0.15, -0.1) is 0 Å². The first-order chi connectivity index (χ1) is 9.15. The molecule has 5 heteroatoms. The molecular formula is C14H12N2O3. The summed E-state index contributed by atoms with van der Waals surface area (Å²) in [6.07, 6.45) is 1.33. The highest BCUT2D eigenvalue weighted by Crippen LogP contribution is 2.18. The van der Waals surface area contributed by atoms with Crippen molar-refractivity contribution in [3.05, 3.63) is 59.7 Å². The molecular weight excluding hydrogens is 244 g/mol. The van der Waals surface area contributed by atoms with E-state index < -0.39 is 0 Å². The molecule has 0 saturated carbocycles. The van der Waals surface area contributed by atoms with Gasteiger partial charge < -0.3 is 10.2 Å². The molecule has 0 aliphatic heterocycles. The minimum Gasteiger partial charge on any atom is -0.508 e. The highest BCUT2D eigenvalue weighted by molar-refractivity contribution is 5.94. The lowest BCUT2D eigenvalue weighted by molar-refractivity contribution is 0.0955. The van der Waals surface area contributed by atoms with Gasteiger partial charge in [0.15, 0.2) is 0 Å². The Morgan fingerprint density at radius 2 is 1.68 bits per heavy atom. The summed E-state index contributed by atoms with van der Waals surface area (Å²) in [5.41, 5.74) is 3.33. The van der Waals surface area contributed by atoms with Gasteiger partial charge in [-0.05, 0) is 24.3 Å². The van der Waals surface area contributed by atoms with Crippen molar-refractivity contribution in [2.75, 3.05) is 0 Å². The van der Waals surface area contributed by atoms with Crippen LogP contribution in [0.3, 0.4) is 0 Å². The van der Waals surface area contributed by atoms with E-state index in [4.69, 9.17) is 0 Å². The van der Waals surface area contributed by atoms with Crippen molar-refractivity contribution in [3.8, 4) is 11.5 Å². The second-order valence-corrected chi connectivity index (χ2v) is 3.85. The number of aromatic hydroxyl groups is 2. The molecule has 3 N–H and O–H groups in total. The predicted octanol–water partition coefficient (Wildman–Crippen LogP) is 1.86. The summed E-state index contributed by atoms with van der Waals surface area (Å²) in [5.74, 6) is -0.479. The third kappa shape index (κ3) is 3.57. The van der Waals surface area contributed by atoms with Gasteiger partial charge in [0.25, 0.3) is 5.91 Å². The maximum atomic E-state index is 11.6. The monoisotopic (exact) mass is 256 g/mol. The number of carbonyl (C=O) groups excluding carboxylic acids is 1. The lowest BCUT2D eigenvalue weighted by Crippen LogP contribution is -2.17. The van der Waals surface area contributed by atoms with Crippen LogP contribution in [-0.2, 0) is 0 Å². The van der Waals surface area contributed by atoms with Gasteiger partial charge in [0, 0.05) is 17.2 Å². The summed E-state index contributed by atoms with van der Waals surface area (Å²) in [5, 5.41) is 22.3. The van der Waals surface area contributed by atoms with E-state index in [1.54, 1.807) is 24.3 Å². The van der Waals surface area contributed by atoms with E-state index in [1.165, 1.54) is 24.4 Å². The Morgan fingerprint density at radius 1 is 1.05 bits per heavy atom. The number of phenolic OH excluding ortho intramolecular Hbond substituents is 2. The third-order valence-corrected chi connectivity index (χ3v) is 2.34. The van der Waals surface area contributed by atoms with Crippen LogP contribution in [0, 0.1) is 0 Å². The van der Waals surface area contributed by atoms with Crippen LogP contribution in [0.1, 0.15) is 15.9 Å². The topological polar surface area (TPSA) is 81.9 Å². The Labute approximate surface area is 109 Å². The van der Waals surface area contributed by atoms with Gasteiger partial charge in [-0.25, -0.2) is 5.43 Å². The SMILES string of the molecule is O=C(N/N=C/c1cc(O)cc(O)c1)c1ccccc1. The van der Waals surface area contributed by atoms with E-state index in [0.29, 0.717) is 11.1 Å². The standard InChI is InChI=1S/C14H12N2O3/c17-12-6-10(7-13(18)8-12)9-15-16-14(19)11-4-2-1-3-5-11/h1-9,17-18H,(H,16,19)/b15-9+. The zero-order valence-electron chi connectivity index (χ0n) is 9.95. The lowest BCUT2D eigenvalue weighted by atomic mass is 10.2. The first kappa shape index (κ1) is 12.6. The van der Waals surface area contributed by atoms with Crippen molar-refractivity contribution in [2.45, 2.75) is 0 Å². The number of hydrogen-bond acceptors (Lipinski definition) is 4. The maximum Gasteiger partial charge on any atom is 0.271 e. The van der Waals surface area contributed by atoms with Crippen LogP contribution in [0.4, 0.5) is 0 Å². The molecule has 0 bridgehead atoms. The van der Waals surface area contributed by atoms with E-state index in [1.807, 2.05) is 6.07 Å². The smallest absolute Gasteiger partial charge is 0.271 e.